The van der Waals surface area contributed by atoms with Gasteiger partial charge in [0.1, 0.15) is 17.7 Å². The van der Waals surface area contributed by atoms with Gasteiger partial charge in [-0.25, -0.2) is 4.39 Å². The van der Waals surface area contributed by atoms with Gasteiger partial charge in [-0.2, -0.15) is 0 Å². The average molecular weight is 492 g/mol. The normalized spacial score (nSPS) is 17.1. The van der Waals surface area contributed by atoms with E-state index in [1.165, 1.54) is 44.5 Å². The van der Waals surface area contributed by atoms with Gasteiger partial charge in [-0.05, 0) is 63.9 Å². The third kappa shape index (κ3) is 9.10. The molecule has 0 spiro atoms. The van der Waals surface area contributed by atoms with Crippen LogP contribution in [0.25, 0.3) is 0 Å². The molecule has 2 N–H and O–H groups in total. The van der Waals surface area contributed by atoms with Crippen LogP contribution in [0.5, 0.6) is 5.75 Å². The van der Waals surface area contributed by atoms with E-state index >= 15 is 0 Å². The zero-order chi connectivity index (χ0) is 18.8. The molecule has 1 unspecified atom stereocenters. The maximum Gasteiger partial charge on any atom is 0.191 e. The largest absolute Gasteiger partial charge is 0.489 e. The summed E-state index contributed by atoms with van der Waals surface area (Å²) in [5.41, 5.74) is 0. The summed E-state index contributed by atoms with van der Waals surface area (Å²) in [7, 11) is 1.77. The second-order valence-corrected chi connectivity index (χ2v) is 6.93. The van der Waals surface area contributed by atoms with Gasteiger partial charge in [0.15, 0.2) is 5.96 Å². The number of likely N-dealkylation sites (tertiary alicyclic amines) is 1. The van der Waals surface area contributed by atoms with Crippen LogP contribution >= 0.6 is 24.0 Å². The lowest BCUT2D eigenvalue weighted by Gasteiger charge is -2.31. The predicted molar refractivity (Wildman–Crippen MR) is 121 cm³/mol. The number of guanidine groups is 1. The molecule has 1 fully saturated rings. The van der Waals surface area contributed by atoms with E-state index in [-0.39, 0.29) is 35.9 Å². The molecule has 0 saturated carbocycles. The lowest BCUT2D eigenvalue weighted by atomic mass is 9.93. The van der Waals surface area contributed by atoms with Gasteiger partial charge in [0.05, 0.1) is 6.54 Å². The summed E-state index contributed by atoms with van der Waals surface area (Å²) in [6.45, 7) is 9.33. The maximum absolute atomic E-state index is 13.2. The second-order valence-electron chi connectivity index (χ2n) is 6.93. The predicted octanol–water partition coefficient (Wildman–Crippen LogP) is 3.50. The first-order valence-corrected chi connectivity index (χ1v) is 9.69. The molecule has 0 aromatic heterocycles. The van der Waals surface area contributed by atoms with Crippen molar-refractivity contribution in [3.8, 4) is 5.75 Å². The molecule has 0 bridgehead atoms. The zero-order valence-electron chi connectivity index (χ0n) is 16.7. The molecule has 1 aromatic carbocycles. The molecule has 27 heavy (non-hydrogen) atoms. The highest BCUT2D eigenvalue weighted by Crippen LogP contribution is 2.19. The van der Waals surface area contributed by atoms with Crippen molar-refractivity contribution < 1.29 is 9.13 Å². The van der Waals surface area contributed by atoms with Crippen molar-refractivity contribution in [1.29, 1.82) is 0 Å². The molecule has 0 aliphatic carbocycles. The quantitative estimate of drug-likeness (QED) is 0.332. The first-order valence-electron chi connectivity index (χ1n) is 9.69. The van der Waals surface area contributed by atoms with Gasteiger partial charge < -0.3 is 20.3 Å². The summed E-state index contributed by atoms with van der Waals surface area (Å²) in [6.07, 6.45) is 3.67. The van der Waals surface area contributed by atoms with Crippen molar-refractivity contribution in [2.24, 2.45) is 10.9 Å². The number of nitrogens with one attached hydrogen (secondary N) is 2. The third-order valence-corrected chi connectivity index (χ3v) is 4.91. The zero-order valence-corrected chi connectivity index (χ0v) is 19.0. The molecule has 1 aliphatic heterocycles. The van der Waals surface area contributed by atoms with Crippen LogP contribution < -0.4 is 15.4 Å². The standard InChI is InChI=1S/C20H33FN4O.HI/c1-4-25-12-9-17(10-13-25)8-11-23-20(22-3)24-15-16(2)26-19-7-5-6-18(21)14-19;/h5-7,14,16-17H,4,8-13,15H2,1-3H3,(H2,22,23,24);1H. The summed E-state index contributed by atoms with van der Waals surface area (Å²) in [5.74, 6) is 1.84. The van der Waals surface area contributed by atoms with Gasteiger partial charge in [-0.1, -0.05) is 13.0 Å². The Hall–Kier alpha value is -1.09. The maximum atomic E-state index is 13.2. The van der Waals surface area contributed by atoms with E-state index in [2.05, 4.69) is 27.4 Å². The summed E-state index contributed by atoms with van der Waals surface area (Å²) in [4.78, 5) is 6.78. The van der Waals surface area contributed by atoms with E-state index in [9.17, 15) is 4.39 Å². The third-order valence-electron chi connectivity index (χ3n) is 4.91. The summed E-state index contributed by atoms with van der Waals surface area (Å²) in [6, 6.07) is 6.22. The Morgan fingerprint density at radius 1 is 1.33 bits per heavy atom. The van der Waals surface area contributed by atoms with E-state index in [0.29, 0.717) is 12.3 Å². The lowest BCUT2D eigenvalue weighted by Crippen LogP contribution is -2.42. The molecule has 1 aromatic rings. The Kier molecular flexibility index (Phi) is 11.7. The molecular formula is C20H34FIN4O. The minimum absolute atomic E-state index is 0. The van der Waals surface area contributed by atoms with Crippen LogP contribution in [-0.2, 0) is 0 Å². The van der Waals surface area contributed by atoms with Crippen molar-refractivity contribution in [1.82, 2.24) is 15.5 Å². The van der Waals surface area contributed by atoms with E-state index in [1.807, 2.05) is 6.92 Å². The number of benzene rings is 1. The average Bonchev–Trinajstić information content (AvgIpc) is 2.65. The number of nitrogens with zero attached hydrogens (tertiary/aromatic N) is 2. The van der Waals surface area contributed by atoms with Gasteiger partial charge in [-0.15, -0.1) is 24.0 Å². The van der Waals surface area contributed by atoms with Crippen molar-refractivity contribution in [3.63, 3.8) is 0 Å². The molecule has 1 atom stereocenters. The highest BCUT2D eigenvalue weighted by atomic mass is 127. The molecular weight excluding hydrogens is 458 g/mol. The Morgan fingerprint density at radius 3 is 2.70 bits per heavy atom. The Morgan fingerprint density at radius 2 is 2.07 bits per heavy atom. The minimum Gasteiger partial charge on any atom is -0.489 e. The Labute approximate surface area is 180 Å². The molecule has 7 heteroatoms. The number of hydrogen-bond acceptors (Lipinski definition) is 3. The highest BCUT2D eigenvalue weighted by molar-refractivity contribution is 14.0. The van der Waals surface area contributed by atoms with Crippen molar-refractivity contribution >= 4 is 29.9 Å². The van der Waals surface area contributed by atoms with Crippen molar-refractivity contribution in [2.45, 2.75) is 39.2 Å². The van der Waals surface area contributed by atoms with Crippen LogP contribution in [0.4, 0.5) is 4.39 Å². The Balaban J connectivity index is 0.00000364. The van der Waals surface area contributed by atoms with E-state index in [4.69, 9.17) is 4.74 Å². The van der Waals surface area contributed by atoms with Crippen LogP contribution in [0, 0.1) is 11.7 Å². The monoisotopic (exact) mass is 492 g/mol. The Bertz CT molecular complexity index is 565. The molecule has 1 saturated heterocycles. The number of rotatable bonds is 8. The van der Waals surface area contributed by atoms with Crippen molar-refractivity contribution in [2.75, 3.05) is 39.8 Å². The summed E-state index contributed by atoms with van der Waals surface area (Å²) in [5, 5.41) is 6.65. The second kappa shape index (κ2) is 13.1. The topological polar surface area (TPSA) is 48.9 Å². The molecule has 1 aliphatic rings. The van der Waals surface area contributed by atoms with Gasteiger partial charge in [0.2, 0.25) is 0 Å². The summed E-state index contributed by atoms with van der Waals surface area (Å²) < 4.78 is 18.9. The number of halogens is 2. The first kappa shape index (κ1) is 23.9. The fourth-order valence-corrected chi connectivity index (χ4v) is 3.26. The number of aliphatic imine (C=N–C) groups is 1. The summed E-state index contributed by atoms with van der Waals surface area (Å²) >= 11 is 0. The van der Waals surface area contributed by atoms with Crippen LogP contribution in [0.15, 0.2) is 29.3 Å². The lowest BCUT2D eigenvalue weighted by molar-refractivity contribution is 0.187. The number of ether oxygens (including phenoxy) is 1. The van der Waals surface area contributed by atoms with Crippen LogP contribution in [0.1, 0.15) is 33.1 Å². The SMILES string of the molecule is CCN1CCC(CCNC(=NC)NCC(C)Oc2cccc(F)c2)CC1.I. The molecule has 0 amide bonds. The van der Waals surface area contributed by atoms with Crippen molar-refractivity contribution in [3.05, 3.63) is 30.1 Å². The van der Waals surface area contributed by atoms with Crippen LogP contribution in [-0.4, -0.2) is 56.7 Å². The molecule has 0 radical (unpaired) electrons. The fraction of sp³-hybridized carbons (Fsp3) is 0.650. The van der Waals surface area contributed by atoms with Crippen LogP contribution in [0.3, 0.4) is 0 Å². The number of piperidine rings is 1. The minimum atomic E-state index is -0.287. The van der Waals surface area contributed by atoms with E-state index < -0.39 is 0 Å². The van der Waals surface area contributed by atoms with E-state index in [0.717, 1.165) is 25.0 Å². The van der Waals surface area contributed by atoms with Gasteiger partial charge in [0.25, 0.3) is 0 Å². The van der Waals surface area contributed by atoms with Gasteiger partial charge in [-0.3, -0.25) is 4.99 Å². The smallest absolute Gasteiger partial charge is 0.191 e. The van der Waals surface area contributed by atoms with Crippen LogP contribution in [0.2, 0.25) is 0 Å². The molecule has 2 rings (SSSR count). The molecule has 154 valence electrons. The first-order chi connectivity index (χ1) is 12.6. The molecule has 1 heterocycles. The number of hydrogen-bond donors (Lipinski definition) is 2. The van der Waals surface area contributed by atoms with Gasteiger partial charge >= 0.3 is 0 Å². The molecule has 5 nitrogen and oxygen atoms in total. The van der Waals surface area contributed by atoms with Gasteiger partial charge in [0, 0.05) is 19.7 Å². The fourth-order valence-electron chi connectivity index (χ4n) is 3.26. The highest BCUT2D eigenvalue weighted by Gasteiger charge is 2.17. The van der Waals surface area contributed by atoms with E-state index in [1.54, 1.807) is 19.2 Å².